The highest BCUT2D eigenvalue weighted by molar-refractivity contribution is 6.21. The monoisotopic (exact) mass is 523 g/mol. The summed E-state index contributed by atoms with van der Waals surface area (Å²) in [6, 6.07) is 9.46. The molecular formula is C23H17ClF3N3O6. The molecule has 0 aliphatic heterocycles. The van der Waals surface area contributed by atoms with E-state index in [2.05, 4.69) is 0 Å². The van der Waals surface area contributed by atoms with Crippen molar-refractivity contribution in [1.82, 2.24) is 9.55 Å². The van der Waals surface area contributed by atoms with E-state index in [1.54, 1.807) is 18.0 Å². The molecule has 0 saturated carbocycles. The molecule has 1 atom stereocenters. The lowest BCUT2D eigenvalue weighted by Crippen LogP contribution is -2.36. The zero-order valence-corrected chi connectivity index (χ0v) is 19.4. The first-order valence-corrected chi connectivity index (χ1v) is 10.6. The van der Waals surface area contributed by atoms with E-state index in [1.807, 2.05) is 0 Å². The van der Waals surface area contributed by atoms with Crippen LogP contribution in [0.4, 0.5) is 13.2 Å². The Hall–Kier alpha value is -4.24. The number of alkyl halides is 3. The Labute approximate surface area is 206 Å². The Morgan fingerprint density at radius 1 is 1.19 bits per heavy atom. The number of ether oxygens (including phenoxy) is 3. The van der Waals surface area contributed by atoms with Crippen LogP contribution < -0.4 is 20.7 Å². The summed E-state index contributed by atoms with van der Waals surface area (Å²) in [5.41, 5.74) is -4.77. The number of carbonyl (C=O) groups excluding carboxylic acids is 1. The van der Waals surface area contributed by atoms with Crippen molar-refractivity contribution in [3.05, 3.63) is 80.4 Å². The first-order chi connectivity index (χ1) is 16.9. The van der Waals surface area contributed by atoms with Gasteiger partial charge in [0, 0.05) is 12.1 Å². The molecule has 0 saturated heterocycles. The molecule has 0 radical (unpaired) electrons. The number of H-pyrrole nitrogens is 1. The lowest BCUT2D eigenvalue weighted by Gasteiger charge is -2.15. The van der Waals surface area contributed by atoms with Crippen molar-refractivity contribution >= 4 is 17.6 Å². The number of nitriles is 1. The molecule has 2 aromatic carbocycles. The summed E-state index contributed by atoms with van der Waals surface area (Å²) >= 11 is 4.84. The molecule has 0 bridgehead atoms. The van der Waals surface area contributed by atoms with E-state index >= 15 is 0 Å². The minimum absolute atomic E-state index is 0.151. The van der Waals surface area contributed by atoms with E-state index in [1.165, 1.54) is 31.2 Å². The highest BCUT2D eigenvalue weighted by Gasteiger charge is 2.31. The van der Waals surface area contributed by atoms with Gasteiger partial charge in [-0.2, -0.15) is 14.0 Å². The maximum atomic E-state index is 14.7. The summed E-state index contributed by atoms with van der Waals surface area (Å²) in [6.07, 6.45) is -0.872. The first kappa shape index (κ1) is 26.4. The van der Waals surface area contributed by atoms with E-state index in [9.17, 15) is 32.8 Å². The average molecular weight is 524 g/mol. The van der Waals surface area contributed by atoms with Gasteiger partial charge in [0.25, 0.3) is 5.56 Å². The Morgan fingerprint density at radius 3 is 2.39 bits per heavy atom. The van der Waals surface area contributed by atoms with Crippen LogP contribution in [0.5, 0.6) is 17.2 Å². The van der Waals surface area contributed by atoms with Crippen LogP contribution in [-0.2, 0) is 14.9 Å². The molecule has 3 rings (SSSR count). The maximum Gasteiger partial charge on any atom is 0.362 e. The van der Waals surface area contributed by atoms with Crippen LogP contribution in [0.1, 0.15) is 25.1 Å². The number of esters is 1. The Balaban J connectivity index is 1.94. The van der Waals surface area contributed by atoms with Crippen molar-refractivity contribution in [2.75, 3.05) is 6.61 Å². The summed E-state index contributed by atoms with van der Waals surface area (Å²) < 4.78 is 57.5. The summed E-state index contributed by atoms with van der Waals surface area (Å²) in [5.74, 6) is -1.49. The van der Waals surface area contributed by atoms with Crippen LogP contribution in [0, 0.1) is 17.1 Å². The van der Waals surface area contributed by atoms with Crippen molar-refractivity contribution in [1.29, 1.82) is 5.26 Å². The number of rotatable bonds is 8. The van der Waals surface area contributed by atoms with Crippen LogP contribution in [0.2, 0.25) is 0 Å². The van der Waals surface area contributed by atoms with E-state index in [0.29, 0.717) is 11.8 Å². The van der Waals surface area contributed by atoms with Crippen LogP contribution in [-0.4, -0.2) is 28.2 Å². The summed E-state index contributed by atoms with van der Waals surface area (Å²) in [4.78, 5) is 38.0. The number of hydrogen-bond donors (Lipinski definition) is 1. The lowest BCUT2D eigenvalue weighted by atomic mass is 10.1. The fourth-order valence-corrected chi connectivity index (χ4v) is 3.09. The van der Waals surface area contributed by atoms with Crippen LogP contribution in [0.3, 0.4) is 0 Å². The molecule has 36 heavy (non-hydrogen) atoms. The number of halogens is 4. The van der Waals surface area contributed by atoms with Gasteiger partial charge in [0.1, 0.15) is 34.8 Å². The molecule has 0 amide bonds. The van der Waals surface area contributed by atoms with E-state index in [0.717, 1.165) is 12.1 Å². The number of carbonyl (C=O) groups is 1. The molecule has 0 aliphatic carbocycles. The number of aromatic amines is 1. The molecule has 3 aromatic rings. The third kappa shape index (κ3) is 5.87. The molecule has 1 N–H and O–H groups in total. The fourth-order valence-electron chi connectivity index (χ4n) is 2.99. The second kappa shape index (κ2) is 10.6. The van der Waals surface area contributed by atoms with Crippen molar-refractivity contribution in [2.45, 2.75) is 25.3 Å². The maximum absolute atomic E-state index is 14.7. The smallest absolute Gasteiger partial charge is 0.362 e. The SMILES string of the molecule is CCOC(=O)C(C)Oc1ccc(Oc2cc(-n3c(=O)cc(C(F)(F)Cl)[nH]c3=O)c(F)cc2C#N)cc1. The Kier molecular flexibility index (Phi) is 7.74. The highest BCUT2D eigenvalue weighted by atomic mass is 35.5. The predicted molar refractivity (Wildman–Crippen MR) is 120 cm³/mol. The largest absolute Gasteiger partial charge is 0.479 e. The molecule has 0 fully saturated rings. The van der Waals surface area contributed by atoms with Crippen molar-refractivity contribution in [2.24, 2.45) is 0 Å². The third-order valence-electron chi connectivity index (χ3n) is 4.63. The van der Waals surface area contributed by atoms with E-state index < -0.39 is 45.9 Å². The van der Waals surface area contributed by atoms with Gasteiger partial charge in [0.15, 0.2) is 6.10 Å². The number of nitrogens with zero attached hydrogens (tertiary/aromatic N) is 2. The number of hydrogen-bond acceptors (Lipinski definition) is 7. The predicted octanol–water partition coefficient (Wildman–Crippen LogP) is 3.95. The molecule has 1 unspecified atom stereocenters. The highest BCUT2D eigenvalue weighted by Crippen LogP contribution is 2.31. The lowest BCUT2D eigenvalue weighted by molar-refractivity contribution is -0.150. The molecular weight excluding hydrogens is 507 g/mol. The van der Waals surface area contributed by atoms with E-state index in [4.69, 9.17) is 25.8 Å². The summed E-state index contributed by atoms with van der Waals surface area (Å²) in [6.45, 7) is 3.36. The zero-order valence-electron chi connectivity index (χ0n) is 18.7. The third-order valence-corrected chi connectivity index (χ3v) is 4.84. The standard InChI is InChI=1S/C23H17ClF3N3O6/c1-3-34-21(32)12(2)35-14-4-6-15(7-5-14)36-18-9-17(16(25)8-13(18)11-28)30-20(31)10-19(23(24,26)27)29-22(30)33/h4-10,12H,3H2,1-2H3,(H,29,33). The van der Waals surface area contributed by atoms with Gasteiger partial charge in [-0.1, -0.05) is 0 Å². The van der Waals surface area contributed by atoms with Gasteiger partial charge in [-0.15, -0.1) is 0 Å². The zero-order chi connectivity index (χ0) is 26.6. The molecule has 9 nitrogen and oxygen atoms in total. The van der Waals surface area contributed by atoms with Crippen LogP contribution in [0.15, 0.2) is 52.1 Å². The van der Waals surface area contributed by atoms with Gasteiger partial charge in [-0.3, -0.25) is 4.79 Å². The number of nitrogens with one attached hydrogen (secondary N) is 1. The second-order valence-corrected chi connectivity index (χ2v) is 7.63. The first-order valence-electron chi connectivity index (χ1n) is 10.2. The molecule has 1 heterocycles. The van der Waals surface area contributed by atoms with Gasteiger partial charge < -0.3 is 19.2 Å². The van der Waals surface area contributed by atoms with Gasteiger partial charge in [0.05, 0.1) is 17.9 Å². The second-order valence-electron chi connectivity index (χ2n) is 7.16. The van der Waals surface area contributed by atoms with Crippen molar-refractivity contribution in [3.8, 4) is 29.0 Å². The van der Waals surface area contributed by atoms with Crippen LogP contribution in [0.25, 0.3) is 5.69 Å². The summed E-state index contributed by atoms with van der Waals surface area (Å²) in [7, 11) is 0. The Bertz CT molecular complexity index is 1410. The fraction of sp³-hybridized carbons (Fsp3) is 0.217. The minimum Gasteiger partial charge on any atom is -0.479 e. The van der Waals surface area contributed by atoms with Gasteiger partial charge >= 0.3 is 17.0 Å². The molecule has 0 aliphatic rings. The number of benzene rings is 2. The van der Waals surface area contributed by atoms with Gasteiger partial charge in [0.2, 0.25) is 0 Å². The van der Waals surface area contributed by atoms with E-state index in [-0.39, 0.29) is 28.2 Å². The van der Waals surface area contributed by atoms with Crippen molar-refractivity contribution < 1.29 is 32.2 Å². The normalized spacial score (nSPS) is 11.9. The molecule has 0 spiro atoms. The molecule has 13 heteroatoms. The van der Waals surface area contributed by atoms with Crippen LogP contribution >= 0.6 is 11.6 Å². The minimum atomic E-state index is -4.03. The van der Waals surface area contributed by atoms with Gasteiger partial charge in [-0.25, -0.2) is 18.5 Å². The topological polar surface area (TPSA) is 123 Å². The Morgan fingerprint density at radius 2 is 1.83 bits per heavy atom. The quantitative estimate of drug-likeness (QED) is 0.350. The molecule has 188 valence electrons. The van der Waals surface area contributed by atoms with Crippen molar-refractivity contribution in [3.63, 3.8) is 0 Å². The van der Waals surface area contributed by atoms with Gasteiger partial charge in [-0.05, 0) is 55.8 Å². The summed E-state index contributed by atoms with van der Waals surface area (Å²) in [5, 5.41) is 5.33. The number of aromatic nitrogens is 2. The average Bonchev–Trinajstić information content (AvgIpc) is 2.81. The molecule has 1 aromatic heterocycles.